The predicted molar refractivity (Wildman–Crippen MR) is 61.6 cm³/mol. The minimum atomic E-state index is -0.457. The van der Waals surface area contributed by atoms with Crippen molar-refractivity contribution < 1.29 is 14.0 Å². The first-order valence-corrected chi connectivity index (χ1v) is 5.07. The summed E-state index contributed by atoms with van der Waals surface area (Å²) < 4.78 is 16.4. The molecule has 0 atom stereocenters. The lowest BCUT2D eigenvalue weighted by molar-refractivity contribution is 0.173. The quantitative estimate of drug-likeness (QED) is 0.699. The molecule has 1 saturated heterocycles. The Hall–Kier alpha value is -1.49. The number of rotatable bonds is 2. The molecule has 16 heavy (non-hydrogen) atoms. The van der Waals surface area contributed by atoms with Crippen LogP contribution in [0.3, 0.4) is 0 Å². The molecule has 0 aromatic carbocycles. The van der Waals surface area contributed by atoms with Gasteiger partial charge in [-0.3, -0.25) is 0 Å². The summed E-state index contributed by atoms with van der Waals surface area (Å²) in [5, 5.41) is 0. The van der Waals surface area contributed by atoms with Gasteiger partial charge in [0, 0.05) is 17.7 Å². The van der Waals surface area contributed by atoms with Crippen molar-refractivity contribution in [3.05, 3.63) is 30.7 Å². The van der Waals surface area contributed by atoms with Gasteiger partial charge in [0.2, 0.25) is 5.88 Å². The molecule has 0 amide bonds. The highest BCUT2D eigenvalue weighted by atomic mass is 16.7. The van der Waals surface area contributed by atoms with E-state index in [4.69, 9.17) is 14.0 Å². The van der Waals surface area contributed by atoms with E-state index in [-0.39, 0.29) is 0 Å². The Morgan fingerprint density at radius 3 is 2.81 bits per heavy atom. The summed E-state index contributed by atoms with van der Waals surface area (Å²) in [6.45, 7) is 7.68. The SMILES string of the molecule is C=C1OB(c2ccnc(OC)c2)OC1(C)C. The normalized spacial score (nSPS) is 18.4. The first-order valence-electron chi connectivity index (χ1n) is 5.07. The molecule has 1 fully saturated rings. The van der Waals surface area contributed by atoms with Crippen LogP contribution < -0.4 is 10.2 Å². The minimum Gasteiger partial charge on any atom is -0.534 e. The summed E-state index contributed by atoms with van der Waals surface area (Å²) in [5.74, 6) is 1.17. The van der Waals surface area contributed by atoms with E-state index in [1.165, 1.54) is 0 Å². The lowest BCUT2D eigenvalue weighted by atomic mass is 9.80. The monoisotopic (exact) mass is 219 g/mol. The molecule has 1 aromatic rings. The summed E-state index contributed by atoms with van der Waals surface area (Å²) in [6.07, 6.45) is 1.66. The molecule has 0 aliphatic carbocycles. The standard InChI is InChI=1S/C11H14BNO3/c1-8-11(2,3)16-12(15-8)9-5-6-13-10(7-9)14-4/h5-7H,1H2,2-4H3. The number of hydrogen-bond donors (Lipinski definition) is 0. The van der Waals surface area contributed by atoms with Crippen LogP contribution in [0.15, 0.2) is 30.7 Å². The Labute approximate surface area is 95.4 Å². The van der Waals surface area contributed by atoms with Gasteiger partial charge in [0.25, 0.3) is 0 Å². The third kappa shape index (κ3) is 1.90. The molecule has 4 nitrogen and oxygen atoms in total. The second-order valence-corrected chi connectivity index (χ2v) is 4.13. The largest absolute Gasteiger partial charge is 0.563 e. The smallest absolute Gasteiger partial charge is 0.534 e. The van der Waals surface area contributed by atoms with E-state index < -0.39 is 12.7 Å². The van der Waals surface area contributed by atoms with Gasteiger partial charge in [0.05, 0.1) is 12.9 Å². The number of hydrogen-bond acceptors (Lipinski definition) is 4. The molecule has 2 heterocycles. The summed E-state index contributed by atoms with van der Waals surface area (Å²) in [7, 11) is 1.14. The number of aromatic nitrogens is 1. The minimum absolute atomic E-state index is 0.431. The Morgan fingerprint density at radius 1 is 1.50 bits per heavy atom. The molecule has 0 bridgehead atoms. The van der Waals surface area contributed by atoms with Crippen LogP contribution in [0.25, 0.3) is 0 Å². The topological polar surface area (TPSA) is 40.6 Å². The fourth-order valence-electron chi connectivity index (χ4n) is 1.45. The molecule has 2 rings (SSSR count). The molecule has 0 N–H and O–H groups in total. The third-order valence-electron chi connectivity index (χ3n) is 2.56. The average Bonchev–Trinajstić information content (AvgIpc) is 2.54. The van der Waals surface area contributed by atoms with Crippen molar-refractivity contribution >= 4 is 12.6 Å². The Balaban J connectivity index is 2.23. The number of nitrogens with zero attached hydrogens (tertiary/aromatic N) is 1. The van der Waals surface area contributed by atoms with E-state index in [1.807, 2.05) is 19.9 Å². The van der Waals surface area contributed by atoms with Crippen molar-refractivity contribution in [3.63, 3.8) is 0 Å². The molecule has 5 heteroatoms. The molecule has 0 saturated carbocycles. The molecule has 0 unspecified atom stereocenters. The van der Waals surface area contributed by atoms with Crippen molar-refractivity contribution in [2.75, 3.05) is 7.11 Å². The van der Waals surface area contributed by atoms with Gasteiger partial charge in [-0.2, -0.15) is 0 Å². The highest BCUT2D eigenvalue weighted by Gasteiger charge is 2.42. The maximum absolute atomic E-state index is 5.74. The van der Waals surface area contributed by atoms with Crippen LogP contribution >= 0.6 is 0 Å². The van der Waals surface area contributed by atoms with Crippen molar-refractivity contribution in [1.82, 2.24) is 4.98 Å². The molecular weight excluding hydrogens is 205 g/mol. The maximum atomic E-state index is 5.74. The van der Waals surface area contributed by atoms with E-state index in [0.717, 1.165) is 5.46 Å². The first kappa shape index (κ1) is 11.0. The fourth-order valence-corrected chi connectivity index (χ4v) is 1.45. The number of ether oxygens (including phenoxy) is 1. The highest BCUT2D eigenvalue weighted by Crippen LogP contribution is 2.29. The second-order valence-electron chi connectivity index (χ2n) is 4.13. The van der Waals surface area contributed by atoms with Gasteiger partial charge in [0.1, 0.15) is 5.60 Å². The lowest BCUT2D eigenvalue weighted by Gasteiger charge is -2.15. The van der Waals surface area contributed by atoms with Crippen LogP contribution in [0.5, 0.6) is 5.88 Å². The summed E-state index contributed by atoms with van der Waals surface area (Å²) in [4.78, 5) is 4.03. The van der Waals surface area contributed by atoms with Gasteiger partial charge in [-0.05, 0) is 19.9 Å². The predicted octanol–water partition coefficient (Wildman–Crippen LogP) is 1.12. The van der Waals surface area contributed by atoms with E-state index in [9.17, 15) is 0 Å². The van der Waals surface area contributed by atoms with Crippen LogP contribution in [0.2, 0.25) is 0 Å². The fraction of sp³-hybridized carbons (Fsp3) is 0.364. The van der Waals surface area contributed by atoms with Crippen molar-refractivity contribution in [3.8, 4) is 5.88 Å². The maximum Gasteiger partial charge on any atom is 0.563 e. The lowest BCUT2D eigenvalue weighted by Crippen LogP contribution is -2.34. The second kappa shape index (κ2) is 3.83. The van der Waals surface area contributed by atoms with Gasteiger partial charge >= 0.3 is 7.12 Å². The first-order chi connectivity index (χ1) is 7.53. The van der Waals surface area contributed by atoms with E-state index in [2.05, 4.69) is 11.6 Å². The third-order valence-corrected chi connectivity index (χ3v) is 2.56. The van der Waals surface area contributed by atoms with Crippen LogP contribution in [-0.4, -0.2) is 24.8 Å². The molecule has 84 valence electrons. The zero-order valence-corrected chi connectivity index (χ0v) is 9.69. The van der Waals surface area contributed by atoms with Gasteiger partial charge in [-0.1, -0.05) is 6.58 Å². The average molecular weight is 219 g/mol. The zero-order valence-electron chi connectivity index (χ0n) is 9.69. The molecule has 0 spiro atoms. The zero-order chi connectivity index (χ0) is 11.8. The summed E-state index contributed by atoms with van der Waals surface area (Å²) in [5.41, 5.74) is 0.417. The summed E-state index contributed by atoms with van der Waals surface area (Å²) >= 11 is 0. The van der Waals surface area contributed by atoms with Crippen molar-refractivity contribution in [1.29, 1.82) is 0 Å². The van der Waals surface area contributed by atoms with Crippen molar-refractivity contribution in [2.24, 2.45) is 0 Å². The van der Waals surface area contributed by atoms with Crippen LogP contribution in [0.4, 0.5) is 0 Å². The molecular formula is C11H14BNO3. The Kier molecular flexibility index (Phi) is 2.64. The van der Waals surface area contributed by atoms with Gasteiger partial charge in [0.15, 0.2) is 0 Å². The van der Waals surface area contributed by atoms with Crippen molar-refractivity contribution in [2.45, 2.75) is 19.4 Å². The van der Waals surface area contributed by atoms with E-state index in [0.29, 0.717) is 11.6 Å². The van der Waals surface area contributed by atoms with Crippen LogP contribution in [0.1, 0.15) is 13.8 Å². The van der Waals surface area contributed by atoms with Gasteiger partial charge in [-0.25, -0.2) is 4.98 Å². The summed E-state index contributed by atoms with van der Waals surface area (Å²) in [6, 6.07) is 3.63. The highest BCUT2D eigenvalue weighted by molar-refractivity contribution is 6.62. The van der Waals surface area contributed by atoms with E-state index >= 15 is 0 Å². The van der Waals surface area contributed by atoms with Gasteiger partial charge < -0.3 is 14.0 Å². The molecule has 1 aliphatic rings. The Morgan fingerprint density at radius 2 is 2.25 bits per heavy atom. The number of pyridine rings is 1. The molecule has 1 aliphatic heterocycles. The number of methoxy groups -OCH3 is 1. The van der Waals surface area contributed by atoms with Crippen LogP contribution in [0, 0.1) is 0 Å². The molecule has 1 aromatic heterocycles. The Bertz CT molecular complexity index is 419. The van der Waals surface area contributed by atoms with Gasteiger partial charge in [-0.15, -0.1) is 0 Å². The van der Waals surface area contributed by atoms with E-state index in [1.54, 1.807) is 19.4 Å². The van der Waals surface area contributed by atoms with Crippen LogP contribution in [-0.2, 0) is 9.31 Å². The molecule has 0 radical (unpaired) electrons.